The van der Waals surface area contributed by atoms with E-state index in [4.69, 9.17) is 4.74 Å². The average Bonchev–Trinajstić information content (AvgIpc) is 2.95. The highest BCUT2D eigenvalue weighted by Crippen LogP contribution is 2.41. The number of thiazole rings is 1. The van der Waals surface area contributed by atoms with Crippen LogP contribution in [0.5, 0.6) is 0 Å². The van der Waals surface area contributed by atoms with Crippen LogP contribution in [0.2, 0.25) is 0 Å². The maximum Gasteiger partial charge on any atom is 0.103 e. The summed E-state index contributed by atoms with van der Waals surface area (Å²) in [4.78, 5) is 4.55. The number of hydrogen-bond acceptors (Lipinski definition) is 3. The minimum Gasteiger partial charge on any atom is -0.381 e. The van der Waals surface area contributed by atoms with Crippen LogP contribution in [0.1, 0.15) is 23.4 Å². The van der Waals surface area contributed by atoms with E-state index in [1.807, 2.05) is 6.20 Å². The molecule has 0 atom stereocenters. The van der Waals surface area contributed by atoms with Gasteiger partial charge in [-0.25, -0.2) is 4.98 Å². The highest BCUT2D eigenvalue weighted by atomic mass is 32.1. The molecule has 0 amide bonds. The lowest BCUT2D eigenvalue weighted by Gasteiger charge is -2.36. The smallest absolute Gasteiger partial charge is 0.103 e. The van der Waals surface area contributed by atoms with Crippen molar-refractivity contribution in [3.63, 3.8) is 0 Å². The van der Waals surface area contributed by atoms with E-state index < -0.39 is 0 Å². The molecule has 0 unspecified atom stereocenters. The summed E-state index contributed by atoms with van der Waals surface area (Å²) in [5.74, 6) is 0. The molecule has 0 bridgehead atoms. The Labute approximate surface area is 105 Å². The summed E-state index contributed by atoms with van der Waals surface area (Å²) in [7, 11) is 0. The summed E-state index contributed by atoms with van der Waals surface area (Å²) in [6, 6.07) is 10.7. The van der Waals surface area contributed by atoms with Gasteiger partial charge in [-0.05, 0) is 18.4 Å². The zero-order chi connectivity index (χ0) is 11.6. The van der Waals surface area contributed by atoms with Crippen molar-refractivity contribution in [1.29, 1.82) is 0 Å². The summed E-state index contributed by atoms with van der Waals surface area (Å²) in [6.45, 7) is 1.66. The van der Waals surface area contributed by atoms with Crippen molar-refractivity contribution < 1.29 is 4.74 Å². The van der Waals surface area contributed by atoms with E-state index in [2.05, 4.69) is 40.7 Å². The molecule has 88 valence electrons. The Morgan fingerprint density at radius 3 is 2.53 bits per heavy atom. The molecule has 0 aliphatic carbocycles. The summed E-state index contributed by atoms with van der Waals surface area (Å²) in [6.07, 6.45) is 3.97. The Morgan fingerprint density at radius 2 is 1.88 bits per heavy atom. The second kappa shape index (κ2) is 4.59. The van der Waals surface area contributed by atoms with Crippen LogP contribution < -0.4 is 0 Å². The molecule has 0 N–H and O–H groups in total. The zero-order valence-corrected chi connectivity index (χ0v) is 10.5. The third-order valence-electron chi connectivity index (χ3n) is 3.51. The first kappa shape index (κ1) is 10.9. The van der Waals surface area contributed by atoms with Crippen LogP contribution in [-0.2, 0) is 10.2 Å². The van der Waals surface area contributed by atoms with Gasteiger partial charge >= 0.3 is 0 Å². The van der Waals surface area contributed by atoms with Crippen molar-refractivity contribution >= 4 is 11.3 Å². The highest BCUT2D eigenvalue weighted by Gasteiger charge is 2.38. The molecule has 0 radical (unpaired) electrons. The fourth-order valence-electron chi connectivity index (χ4n) is 2.56. The lowest BCUT2D eigenvalue weighted by molar-refractivity contribution is 0.0630. The largest absolute Gasteiger partial charge is 0.381 e. The van der Waals surface area contributed by atoms with Crippen LogP contribution in [0.3, 0.4) is 0 Å². The molecule has 1 fully saturated rings. The van der Waals surface area contributed by atoms with Crippen molar-refractivity contribution in [1.82, 2.24) is 4.98 Å². The standard InChI is InChI=1S/C14H15NOS/c1-2-4-12(5-3-1)14(6-9-16-10-7-14)13-15-8-11-17-13/h1-5,8,11H,6-7,9-10H2. The van der Waals surface area contributed by atoms with Crippen molar-refractivity contribution in [2.24, 2.45) is 0 Å². The molecular weight excluding hydrogens is 230 g/mol. The van der Waals surface area contributed by atoms with Crippen molar-refractivity contribution in [3.05, 3.63) is 52.5 Å². The minimum absolute atomic E-state index is 0.0771. The van der Waals surface area contributed by atoms with Crippen molar-refractivity contribution in [2.45, 2.75) is 18.3 Å². The normalized spacial score (nSPS) is 19.1. The molecule has 3 heteroatoms. The average molecular weight is 245 g/mol. The van der Waals surface area contributed by atoms with E-state index in [1.54, 1.807) is 11.3 Å². The van der Waals surface area contributed by atoms with E-state index in [0.29, 0.717) is 0 Å². The Kier molecular flexibility index (Phi) is 2.95. The Bertz CT molecular complexity index is 460. The molecule has 2 aromatic rings. The number of ether oxygens (including phenoxy) is 1. The summed E-state index contributed by atoms with van der Waals surface area (Å²) in [5, 5.41) is 3.29. The van der Waals surface area contributed by atoms with Crippen LogP contribution in [0.25, 0.3) is 0 Å². The van der Waals surface area contributed by atoms with E-state index in [1.165, 1.54) is 10.6 Å². The van der Waals surface area contributed by atoms with Crippen LogP contribution in [0, 0.1) is 0 Å². The van der Waals surface area contributed by atoms with Gasteiger partial charge in [0.05, 0.1) is 5.41 Å². The van der Waals surface area contributed by atoms with Crippen LogP contribution in [0.15, 0.2) is 41.9 Å². The van der Waals surface area contributed by atoms with Gasteiger partial charge in [-0.15, -0.1) is 11.3 Å². The minimum atomic E-state index is 0.0771. The zero-order valence-electron chi connectivity index (χ0n) is 9.63. The number of hydrogen-bond donors (Lipinski definition) is 0. The molecule has 1 aliphatic rings. The van der Waals surface area contributed by atoms with Crippen molar-refractivity contribution in [2.75, 3.05) is 13.2 Å². The van der Waals surface area contributed by atoms with Gasteiger partial charge in [-0.3, -0.25) is 0 Å². The lowest BCUT2D eigenvalue weighted by Crippen LogP contribution is -2.34. The Hall–Kier alpha value is -1.19. The lowest BCUT2D eigenvalue weighted by atomic mass is 9.75. The first-order chi connectivity index (χ1) is 8.42. The summed E-state index contributed by atoms with van der Waals surface area (Å²) in [5.41, 5.74) is 1.45. The quantitative estimate of drug-likeness (QED) is 0.810. The molecule has 0 saturated carbocycles. The van der Waals surface area contributed by atoms with Gasteiger partial charge in [0.25, 0.3) is 0 Å². The fourth-order valence-corrected chi connectivity index (χ4v) is 3.48. The number of nitrogens with zero attached hydrogens (tertiary/aromatic N) is 1. The van der Waals surface area contributed by atoms with Gasteiger partial charge in [-0.1, -0.05) is 30.3 Å². The number of aromatic nitrogens is 1. The Morgan fingerprint density at radius 1 is 1.12 bits per heavy atom. The van der Waals surface area contributed by atoms with Gasteiger partial charge in [-0.2, -0.15) is 0 Å². The molecule has 17 heavy (non-hydrogen) atoms. The fraction of sp³-hybridized carbons (Fsp3) is 0.357. The van der Waals surface area contributed by atoms with Crippen molar-refractivity contribution in [3.8, 4) is 0 Å². The van der Waals surface area contributed by atoms with Crippen LogP contribution in [-0.4, -0.2) is 18.2 Å². The van der Waals surface area contributed by atoms with Gasteiger partial charge in [0, 0.05) is 24.8 Å². The molecule has 1 aromatic carbocycles. The molecule has 1 aromatic heterocycles. The SMILES string of the molecule is c1ccc(C2(c3nccs3)CCOCC2)cc1. The van der Waals surface area contributed by atoms with E-state index in [0.717, 1.165) is 26.1 Å². The van der Waals surface area contributed by atoms with Gasteiger partial charge in [0.1, 0.15) is 5.01 Å². The third-order valence-corrected chi connectivity index (χ3v) is 4.49. The topological polar surface area (TPSA) is 22.1 Å². The monoisotopic (exact) mass is 245 g/mol. The Balaban J connectivity index is 2.08. The molecule has 0 spiro atoms. The second-order valence-corrected chi connectivity index (χ2v) is 5.29. The molecule has 1 saturated heterocycles. The molecule has 2 heterocycles. The van der Waals surface area contributed by atoms with Gasteiger partial charge in [0.15, 0.2) is 0 Å². The van der Waals surface area contributed by atoms with E-state index in [9.17, 15) is 0 Å². The van der Waals surface area contributed by atoms with E-state index >= 15 is 0 Å². The van der Waals surface area contributed by atoms with Gasteiger partial charge < -0.3 is 4.74 Å². The molecule has 1 aliphatic heterocycles. The third kappa shape index (κ3) is 1.90. The predicted octanol–water partition coefficient (Wildman–Crippen LogP) is 3.24. The summed E-state index contributed by atoms with van der Waals surface area (Å²) < 4.78 is 5.52. The first-order valence-electron chi connectivity index (χ1n) is 5.95. The van der Waals surface area contributed by atoms with Crippen LogP contribution >= 0.6 is 11.3 Å². The summed E-state index contributed by atoms with van der Waals surface area (Å²) >= 11 is 1.76. The molecule has 2 nitrogen and oxygen atoms in total. The number of benzene rings is 1. The maximum atomic E-state index is 5.52. The van der Waals surface area contributed by atoms with E-state index in [-0.39, 0.29) is 5.41 Å². The number of rotatable bonds is 2. The van der Waals surface area contributed by atoms with Crippen LogP contribution in [0.4, 0.5) is 0 Å². The first-order valence-corrected chi connectivity index (χ1v) is 6.83. The molecular formula is C14H15NOS. The van der Waals surface area contributed by atoms with Gasteiger partial charge in [0.2, 0.25) is 0 Å². The second-order valence-electron chi connectivity index (χ2n) is 4.40. The maximum absolute atomic E-state index is 5.52. The predicted molar refractivity (Wildman–Crippen MR) is 69.4 cm³/mol. The molecule has 3 rings (SSSR count). The highest BCUT2D eigenvalue weighted by molar-refractivity contribution is 7.09.